The molecule has 1 aliphatic rings. The van der Waals surface area contributed by atoms with Crippen LogP contribution < -0.4 is 0 Å². The van der Waals surface area contributed by atoms with Crippen LogP contribution in [0.25, 0.3) is 6.08 Å². The van der Waals surface area contributed by atoms with E-state index in [1.807, 2.05) is 41.3 Å². The van der Waals surface area contributed by atoms with Gasteiger partial charge in [-0.05, 0) is 37.0 Å². The zero-order valence-electron chi connectivity index (χ0n) is 14.7. The Morgan fingerprint density at radius 2 is 1.92 bits per heavy atom. The van der Waals surface area contributed by atoms with Crippen LogP contribution in [0.4, 0.5) is 0 Å². The standard InChI is InChI=1S/C22H25NO2/c1-18-9-11-19(12-10-18)13-14-22(24)23(17-21-8-5-15-25-21)16-20-6-3-2-4-7-20/h2-4,6-7,9-14,21H,5,8,15-17H2,1H3/b14-13+. The van der Waals surface area contributed by atoms with Crippen LogP contribution in [0.2, 0.25) is 0 Å². The fraction of sp³-hybridized carbons (Fsp3) is 0.318. The van der Waals surface area contributed by atoms with E-state index in [2.05, 4.69) is 31.2 Å². The van der Waals surface area contributed by atoms with Crippen molar-refractivity contribution >= 4 is 12.0 Å². The first-order valence-electron chi connectivity index (χ1n) is 8.90. The fourth-order valence-corrected chi connectivity index (χ4v) is 3.02. The van der Waals surface area contributed by atoms with E-state index in [1.165, 1.54) is 5.56 Å². The third-order valence-electron chi connectivity index (χ3n) is 4.47. The van der Waals surface area contributed by atoms with Gasteiger partial charge in [0, 0.05) is 25.8 Å². The number of carbonyl (C=O) groups excluding carboxylic acids is 1. The maximum Gasteiger partial charge on any atom is 0.246 e. The van der Waals surface area contributed by atoms with Gasteiger partial charge in [-0.2, -0.15) is 0 Å². The van der Waals surface area contributed by atoms with Crippen molar-refractivity contribution in [2.24, 2.45) is 0 Å². The van der Waals surface area contributed by atoms with Gasteiger partial charge >= 0.3 is 0 Å². The second kappa shape index (κ2) is 8.63. The number of rotatable bonds is 6. The van der Waals surface area contributed by atoms with Crippen molar-refractivity contribution in [1.82, 2.24) is 4.90 Å². The minimum absolute atomic E-state index is 0.0277. The molecule has 1 aliphatic heterocycles. The number of hydrogen-bond donors (Lipinski definition) is 0. The van der Waals surface area contributed by atoms with Crippen LogP contribution in [0.3, 0.4) is 0 Å². The summed E-state index contributed by atoms with van der Waals surface area (Å²) < 4.78 is 5.73. The average Bonchev–Trinajstić information content (AvgIpc) is 3.14. The summed E-state index contributed by atoms with van der Waals surface area (Å²) in [5.74, 6) is 0.0277. The van der Waals surface area contributed by atoms with Gasteiger partial charge < -0.3 is 9.64 Å². The van der Waals surface area contributed by atoms with Crippen LogP contribution in [0, 0.1) is 6.92 Å². The normalized spacial score (nSPS) is 17.1. The lowest BCUT2D eigenvalue weighted by Gasteiger charge is -2.24. The molecule has 2 aromatic rings. The first-order valence-corrected chi connectivity index (χ1v) is 8.90. The molecule has 0 spiro atoms. The van der Waals surface area contributed by atoms with Gasteiger partial charge in [0.05, 0.1) is 6.10 Å². The predicted octanol–water partition coefficient (Wildman–Crippen LogP) is 4.22. The summed E-state index contributed by atoms with van der Waals surface area (Å²) in [7, 11) is 0. The molecule has 0 saturated carbocycles. The minimum atomic E-state index is 0.0277. The fourth-order valence-electron chi connectivity index (χ4n) is 3.02. The average molecular weight is 335 g/mol. The van der Waals surface area contributed by atoms with E-state index < -0.39 is 0 Å². The van der Waals surface area contributed by atoms with E-state index in [1.54, 1.807) is 6.08 Å². The Hall–Kier alpha value is -2.39. The summed E-state index contributed by atoms with van der Waals surface area (Å²) in [6.45, 7) is 4.11. The van der Waals surface area contributed by atoms with E-state index in [4.69, 9.17) is 4.74 Å². The number of nitrogens with zero attached hydrogens (tertiary/aromatic N) is 1. The second-order valence-corrected chi connectivity index (χ2v) is 6.58. The van der Waals surface area contributed by atoms with Crippen LogP contribution >= 0.6 is 0 Å². The quantitative estimate of drug-likeness (QED) is 0.740. The van der Waals surface area contributed by atoms with Gasteiger partial charge in [0.25, 0.3) is 0 Å². The van der Waals surface area contributed by atoms with E-state index in [0.29, 0.717) is 13.1 Å². The maximum atomic E-state index is 12.8. The summed E-state index contributed by atoms with van der Waals surface area (Å²) in [6.07, 6.45) is 5.82. The highest BCUT2D eigenvalue weighted by Crippen LogP contribution is 2.16. The molecule has 1 heterocycles. The van der Waals surface area contributed by atoms with Gasteiger partial charge in [0.15, 0.2) is 0 Å². The molecule has 3 heteroatoms. The lowest BCUT2D eigenvalue weighted by Crippen LogP contribution is -2.35. The Balaban J connectivity index is 1.70. The molecule has 0 aromatic heterocycles. The van der Waals surface area contributed by atoms with Crippen molar-refractivity contribution in [1.29, 1.82) is 0 Å². The summed E-state index contributed by atoms with van der Waals surface area (Å²) in [4.78, 5) is 14.6. The molecule has 1 unspecified atom stereocenters. The molecule has 1 amide bonds. The van der Waals surface area contributed by atoms with Crippen LogP contribution in [-0.4, -0.2) is 30.1 Å². The van der Waals surface area contributed by atoms with Gasteiger partial charge in [0.1, 0.15) is 0 Å². The highest BCUT2D eigenvalue weighted by atomic mass is 16.5. The van der Waals surface area contributed by atoms with Gasteiger partial charge in [-0.1, -0.05) is 60.2 Å². The van der Waals surface area contributed by atoms with Crippen LogP contribution in [0.1, 0.15) is 29.5 Å². The topological polar surface area (TPSA) is 29.5 Å². The molecule has 0 aliphatic carbocycles. The van der Waals surface area contributed by atoms with Crippen molar-refractivity contribution < 1.29 is 9.53 Å². The Bertz CT molecular complexity index is 701. The van der Waals surface area contributed by atoms with Crippen LogP contribution in [0.5, 0.6) is 0 Å². The molecule has 1 atom stereocenters. The number of hydrogen-bond acceptors (Lipinski definition) is 2. The van der Waals surface area contributed by atoms with Gasteiger partial charge in [-0.15, -0.1) is 0 Å². The van der Waals surface area contributed by atoms with Gasteiger partial charge in [-0.3, -0.25) is 4.79 Å². The van der Waals surface area contributed by atoms with E-state index >= 15 is 0 Å². The number of aryl methyl sites for hydroxylation is 1. The summed E-state index contributed by atoms with van der Waals surface area (Å²) in [5, 5.41) is 0. The number of benzene rings is 2. The molecule has 1 saturated heterocycles. The third-order valence-corrected chi connectivity index (χ3v) is 4.47. The van der Waals surface area contributed by atoms with Crippen molar-refractivity contribution in [3.05, 3.63) is 77.4 Å². The maximum absolute atomic E-state index is 12.8. The molecule has 0 N–H and O–H groups in total. The molecule has 0 bridgehead atoms. The second-order valence-electron chi connectivity index (χ2n) is 6.58. The van der Waals surface area contributed by atoms with Crippen molar-refractivity contribution in [3.63, 3.8) is 0 Å². The van der Waals surface area contributed by atoms with Gasteiger partial charge in [0.2, 0.25) is 5.91 Å². The lowest BCUT2D eigenvalue weighted by molar-refractivity contribution is -0.128. The van der Waals surface area contributed by atoms with Crippen molar-refractivity contribution in [3.8, 4) is 0 Å². The molecule has 25 heavy (non-hydrogen) atoms. The predicted molar refractivity (Wildman–Crippen MR) is 101 cm³/mol. The molecule has 130 valence electrons. The van der Waals surface area contributed by atoms with Crippen molar-refractivity contribution in [2.75, 3.05) is 13.2 Å². The molecular formula is C22H25NO2. The number of carbonyl (C=O) groups is 1. The largest absolute Gasteiger partial charge is 0.376 e. The Morgan fingerprint density at radius 1 is 1.16 bits per heavy atom. The zero-order valence-corrected chi connectivity index (χ0v) is 14.7. The minimum Gasteiger partial charge on any atom is -0.376 e. The summed E-state index contributed by atoms with van der Waals surface area (Å²) in [5.41, 5.74) is 3.39. The zero-order chi connectivity index (χ0) is 17.5. The lowest BCUT2D eigenvalue weighted by atomic mass is 10.1. The van der Waals surface area contributed by atoms with Gasteiger partial charge in [-0.25, -0.2) is 0 Å². The monoisotopic (exact) mass is 335 g/mol. The number of ether oxygens (including phenoxy) is 1. The summed E-state index contributed by atoms with van der Waals surface area (Å²) >= 11 is 0. The molecule has 0 radical (unpaired) electrons. The Kier molecular flexibility index (Phi) is 6.02. The molecular weight excluding hydrogens is 310 g/mol. The van der Waals surface area contributed by atoms with Crippen LogP contribution in [-0.2, 0) is 16.1 Å². The van der Waals surface area contributed by atoms with Crippen molar-refractivity contribution in [2.45, 2.75) is 32.4 Å². The number of amides is 1. The molecule has 2 aromatic carbocycles. The highest BCUT2D eigenvalue weighted by molar-refractivity contribution is 5.91. The molecule has 3 rings (SSSR count). The molecule has 1 fully saturated rings. The van der Waals surface area contributed by atoms with E-state index in [9.17, 15) is 4.79 Å². The first kappa shape index (κ1) is 17.4. The Morgan fingerprint density at radius 3 is 2.60 bits per heavy atom. The third kappa shape index (κ3) is 5.30. The summed E-state index contributed by atoms with van der Waals surface area (Å²) in [6, 6.07) is 18.3. The highest BCUT2D eigenvalue weighted by Gasteiger charge is 2.21. The Labute approximate surface area is 149 Å². The van der Waals surface area contributed by atoms with E-state index in [0.717, 1.165) is 30.6 Å². The van der Waals surface area contributed by atoms with E-state index in [-0.39, 0.29) is 12.0 Å². The van der Waals surface area contributed by atoms with Crippen LogP contribution in [0.15, 0.2) is 60.7 Å². The molecule has 3 nitrogen and oxygen atoms in total. The SMILES string of the molecule is Cc1ccc(/C=C/C(=O)N(Cc2ccccc2)CC2CCCO2)cc1. The smallest absolute Gasteiger partial charge is 0.246 e. The first-order chi connectivity index (χ1) is 12.2.